The lowest BCUT2D eigenvalue weighted by molar-refractivity contribution is 0.102. The molecular formula is C24H21BrClN3O2. The molecule has 0 atom stereocenters. The molecule has 1 saturated heterocycles. The number of rotatable bonds is 5. The van der Waals surface area contributed by atoms with Gasteiger partial charge in [-0.3, -0.25) is 9.69 Å². The van der Waals surface area contributed by atoms with Crippen LogP contribution in [0.2, 0.25) is 5.02 Å². The maximum Gasteiger partial charge on any atom is 0.324 e. The summed E-state index contributed by atoms with van der Waals surface area (Å²) in [6.07, 6.45) is 0.856. The van der Waals surface area contributed by atoms with E-state index >= 15 is 0 Å². The van der Waals surface area contributed by atoms with Crippen LogP contribution < -0.4 is 10.2 Å². The number of carbonyl (C=O) groups is 2. The molecule has 4 rings (SSSR count). The van der Waals surface area contributed by atoms with Crippen LogP contribution in [0.3, 0.4) is 0 Å². The second kappa shape index (κ2) is 9.54. The Bertz CT molecular complexity index is 1090. The molecule has 5 nitrogen and oxygen atoms in total. The van der Waals surface area contributed by atoms with Crippen molar-refractivity contribution >= 4 is 50.8 Å². The first-order chi connectivity index (χ1) is 15.0. The van der Waals surface area contributed by atoms with Gasteiger partial charge in [-0.15, -0.1) is 0 Å². The number of urea groups is 1. The molecule has 7 heteroatoms. The van der Waals surface area contributed by atoms with Crippen molar-refractivity contribution in [2.75, 3.05) is 23.3 Å². The molecular weight excluding hydrogens is 478 g/mol. The van der Waals surface area contributed by atoms with E-state index in [2.05, 4.69) is 21.2 Å². The van der Waals surface area contributed by atoms with Crippen LogP contribution in [0.1, 0.15) is 22.3 Å². The van der Waals surface area contributed by atoms with Gasteiger partial charge in [0, 0.05) is 46.1 Å². The highest BCUT2D eigenvalue weighted by molar-refractivity contribution is 9.10. The van der Waals surface area contributed by atoms with Gasteiger partial charge in [0.2, 0.25) is 0 Å². The van der Waals surface area contributed by atoms with E-state index in [4.69, 9.17) is 11.6 Å². The van der Waals surface area contributed by atoms with E-state index < -0.39 is 0 Å². The first-order valence-electron chi connectivity index (χ1n) is 9.97. The van der Waals surface area contributed by atoms with Crippen molar-refractivity contribution in [3.63, 3.8) is 0 Å². The summed E-state index contributed by atoms with van der Waals surface area (Å²) in [7, 11) is 0. The molecule has 0 aliphatic carbocycles. The van der Waals surface area contributed by atoms with E-state index in [9.17, 15) is 9.59 Å². The van der Waals surface area contributed by atoms with Crippen LogP contribution in [-0.2, 0) is 6.54 Å². The van der Waals surface area contributed by atoms with E-state index in [-0.39, 0.29) is 11.9 Å². The molecule has 1 heterocycles. The fourth-order valence-electron chi connectivity index (χ4n) is 3.53. The van der Waals surface area contributed by atoms with Crippen molar-refractivity contribution in [3.8, 4) is 0 Å². The maximum atomic E-state index is 13.1. The molecule has 0 unspecified atom stereocenters. The third-order valence-corrected chi connectivity index (χ3v) is 5.90. The Labute approximate surface area is 194 Å². The van der Waals surface area contributed by atoms with Gasteiger partial charge in [-0.2, -0.15) is 0 Å². The van der Waals surface area contributed by atoms with Crippen LogP contribution in [0.25, 0.3) is 0 Å². The third-order valence-electron chi connectivity index (χ3n) is 5.12. The Morgan fingerprint density at radius 1 is 1.00 bits per heavy atom. The Kier molecular flexibility index (Phi) is 6.59. The van der Waals surface area contributed by atoms with Gasteiger partial charge >= 0.3 is 6.03 Å². The van der Waals surface area contributed by atoms with E-state index in [0.717, 1.165) is 16.5 Å². The normalized spacial score (nSPS) is 13.9. The van der Waals surface area contributed by atoms with Gasteiger partial charge in [0.25, 0.3) is 5.91 Å². The Morgan fingerprint density at radius 2 is 1.74 bits per heavy atom. The minimum Gasteiger partial charge on any atom is -0.322 e. The van der Waals surface area contributed by atoms with Crippen LogP contribution in [0, 0.1) is 0 Å². The molecule has 0 aromatic heterocycles. The van der Waals surface area contributed by atoms with E-state index in [1.165, 1.54) is 0 Å². The smallest absolute Gasteiger partial charge is 0.322 e. The number of hydrogen-bond acceptors (Lipinski definition) is 2. The van der Waals surface area contributed by atoms with Crippen molar-refractivity contribution in [3.05, 3.63) is 93.4 Å². The minimum atomic E-state index is -0.216. The molecule has 0 bridgehead atoms. The van der Waals surface area contributed by atoms with Crippen molar-refractivity contribution in [1.82, 2.24) is 4.90 Å². The second-order valence-corrected chi connectivity index (χ2v) is 8.70. The lowest BCUT2D eigenvalue weighted by Crippen LogP contribution is -2.49. The summed E-state index contributed by atoms with van der Waals surface area (Å²) in [6.45, 7) is 1.84. The fraction of sp³-hybridized carbons (Fsp3) is 0.167. The van der Waals surface area contributed by atoms with E-state index in [1.54, 1.807) is 23.1 Å². The van der Waals surface area contributed by atoms with Crippen LogP contribution >= 0.6 is 27.5 Å². The number of hydrogen-bond donors (Lipinski definition) is 1. The molecule has 3 aromatic rings. The Hall–Kier alpha value is -2.83. The summed E-state index contributed by atoms with van der Waals surface area (Å²) in [6, 6.07) is 22.0. The van der Waals surface area contributed by atoms with Gasteiger partial charge in [0.05, 0.1) is 0 Å². The molecule has 0 spiro atoms. The zero-order chi connectivity index (χ0) is 21.8. The Balaban J connectivity index is 1.48. The number of nitrogens with one attached hydrogen (secondary N) is 1. The monoisotopic (exact) mass is 497 g/mol. The number of benzene rings is 3. The second-order valence-electron chi connectivity index (χ2n) is 7.35. The zero-order valence-electron chi connectivity index (χ0n) is 16.7. The average molecular weight is 499 g/mol. The third kappa shape index (κ3) is 5.27. The fourth-order valence-corrected chi connectivity index (χ4v) is 3.92. The molecule has 0 saturated carbocycles. The number of amides is 3. The van der Waals surface area contributed by atoms with Crippen molar-refractivity contribution < 1.29 is 9.59 Å². The molecule has 3 amide bonds. The van der Waals surface area contributed by atoms with Crippen molar-refractivity contribution in [2.45, 2.75) is 13.0 Å². The van der Waals surface area contributed by atoms with Gasteiger partial charge in [0.1, 0.15) is 0 Å². The molecule has 1 N–H and O–H groups in total. The van der Waals surface area contributed by atoms with Crippen molar-refractivity contribution in [1.29, 1.82) is 0 Å². The molecule has 0 radical (unpaired) electrons. The SMILES string of the molecule is O=C(Nc1ccc(Br)cc1)c1cccc(N2CCCN(Cc3ccc(Cl)cc3)C2=O)c1. The molecule has 1 aliphatic heterocycles. The van der Waals surface area contributed by atoms with Crippen molar-refractivity contribution in [2.24, 2.45) is 0 Å². The summed E-state index contributed by atoms with van der Waals surface area (Å²) in [4.78, 5) is 29.4. The van der Waals surface area contributed by atoms with Gasteiger partial charge in [0.15, 0.2) is 0 Å². The highest BCUT2D eigenvalue weighted by atomic mass is 79.9. The van der Waals surface area contributed by atoms with Gasteiger partial charge < -0.3 is 10.2 Å². The zero-order valence-corrected chi connectivity index (χ0v) is 19.1. The summed E-state index contributed by atoms with van der Waals surface area (Å²) in [5.74, 6) is -0.216. The van der Waals surface area contributed by atoms with Gasteiger partial charge in [-0.1, -0.05) is 45.7 Å². The Morgan fingerprint density at radius 3 is 2.48 bits per heavy atom. The van der Waals surface area contributed by atoms with Crippen LogP contribution in [0.4, 0.5) is 16.2 Å². The van der Waals surface area contributed by atoms with Gasteiger partial charge in [-0.25, -0.2) is 4.79 Å². The van der Waals surface area contributed by atoms with Crippen LogP contribution in [-0.4, -0.2) is 29.9 Å². The summed E-state index contributed by atoms with van der Waals surface area (Å²) in [5, 5.41) is 3.56. The molecule has 1 fully saturated rings. The lowest BCUT2D eigenvalue weighted by atomic mass is 10.1. The number of nitrogens with zero attached hydrogens (tertiary/aromatic N) is 2. The predicted molar refractivity (Wildman–Crippen MR) is 128 cm³/mol. The molecule has 158 valence electrons. The molecule has 3 aromatic carbocycles. The largest absolute Gasteiger partial charge is 0.324 e. The van der Waals surface area contributed by atoms with E-state index in [0.29, 0.717) is 41.6 Å². The number of carbonyl (C=O) groups excluding carboxylic acids is 2. The first-order valence-corrected chi connectivity index (χ1v) is 11.1. The standard InChI is InChI=1S/C24H21BrClN3O2/c25-19-7-11-21(12-8-19)27-23(30)18-3-1-4-22(15-18)29-14-2-13-28(24(29)31)16-17-5-9-20(26)10-6-17/h1,3-12,15H,2,13-14,16H2,(H,27,30). The number of anilines is 2. The summed E-state index contributed by atoms with van der Waals surface area (Å²) in [5.41, 5.74) is 2.96. The number of halogens is 2. The summed E-state index contributed by atoms with van der Waals surface area (Å²) < 4.78 is 0.944. The minimum absolute atomic E-state index is 0.0633. The maximum absolute atomic E-state index is 13.1. The lowest BCUT2D eigenvalue weighted by Gasteiger charge is -2.35. The first kappa shape index (κ1) is 21.4. The average Bonchev–Trinajstić information content (AvgIpc) is 2.78. The highest BCUT2D eigenvalue weighted by Crippen LogP contribution is 2.24. The van der Waals surface area contributed by atoms with E-state index in [1.807, 2.05) is 59.5 Å². The summed E-state index contributed by atoms with van der Waals surface area (Å²) >= 11 is 9.35. The topological polar surface area (TPSA) is 52.7 Å². The quantitative estimate of drug-likeness (QED) is 0.456. The molecule has 31 heavy (non-hydrogen) atoms. The molecule has 1 aliphatic rings. The van der Waals surface area contributed by atoms with Gasteiger partial charge in [-0.05, 0) is 66.6 Å². The highest BCUT2D eigenvalue weighted by Gasteiger charge is 2.27. The predicted octanol–water partition coefficient (Wildman–Crippen LogP) is 6.19. The van der Waals surface area contributed by atoms with Crippen LogP contribution in [0.5, 0.6) is 0 Å². The van der Waals surface area contributed by atoms with Crippen LogP contribution in [0.15, 0.2) is 77.3 Å².